The summed E-state index contributed by atoms with van der Waals surface area (Å²) in [6.45, 7) is 5.17. The van der Waals surface area contributed by atoms with E-state index >= 15 is 0 Å². The van der Waals surface area contributed by atoms with E-state index in [1.807, 2.05) is 12.1 Å². The Bertz CT molecular complexity index is 1400. The van der Waals surface area contributed by atoms with Crippen LogP contribution in [0.3, 0.4) is 0 Å². The summed E-state index contributed by atoms with van der Waals surface area (Å²) in [7, 11) is 0. The normalized spacial score (nSPS) is 13.9. The van der Waals surface area contributed by atoms with Gasteiger partial charge in [-0.1, -0.05) is 17.7 Å². The highest BCUT2D eigenvalue weighted by Crippen LogP contribution is 2.39. The SMILES string of the molecule is C=Nc1c(Cl)cc(N[C@H](C2=CNNN2)c2cccnc2)cc1/C(Nc1cnc(F)c(F)c1)=C(\C)C#N. The Morgan fingerprint density at radius 2 is 2.08 bits per heavy atom. The average Bonchev–Trinajstić information content (AvgIpc) is 3.42. The van der Waals surface area contributed by atoms with Gasteiger partial charge in [-0.3, -0.25) is 9.98 Å². The van der Waals surface area contributed by atoms with Crippen molar-refractivity contribution < 1.29 is 8.78 Å². The predicted molar refractivity (Wildman–Crippen MR) is 135 cm³/mol. The maximum Gasteiger partial charge on any atom is 0.249 e. The number of aromatic nitrogens is 2. The lowest BCUT2D eigenvalue weighted by Crippen LogP contribution is -2.33. The Balaban J connectivity index is 1.79. The summed E-state index contributed by atoms with van der Waals surface area (Å²) >= 11 is 6.57. The van der Waals surface area contributed by atoms with E-state index in [1.165, 1.54) is 0 Å². The lowest BCUT2D eigenvalue weighted by atomic mass is 10.0. The van der Waals surface area contributed by atoms with Crippen LogP contribution in [0.25, 0.3) is 5.70 Å². The number of halogens is 3. The van der Waals surface area contributed by atoms with Crippen molar-refractivity contribution in [3.8, 4) is 6.07 Å². The third-order valence-corrected chi connectivity index (χ3v) is 5.53. The van der Waals surface area contributed by atoms with Gasteiger partial charge in [0.2, 0.25) is 5.95 Å². The number of allylic oxidation sites excluding steroid dienone is 1. The highest BCUT2D eigenvalue weighted by molar-refractivity contribution is 6.34. The number of nitrogens with zero attached hydrogens (tertiary/aromatic N) is 4. The van der Waals surface area contributed by atoms with Gasteiger partial charge in [0.25, 0.3) is 0 Å². The first-order chi connectivity index (χ1) is 17.4. The molecular weight excluding hydrogens is 488 g/mol. The van der Waals surface area contributed by atoms with Gasteiger partial charge in [-0.15, -0.1) is 0 Å². The van der Waals surface area contributed by atoms with Crippen LogP contribution < -0.4 is 27.0 Å². The maximum absolute atomic E-state index is 13.8. The van der Waals surface area contributed by atoms with Crippen LogP contribution in [-0.2, 0) is 0 Å². The molecule has 1 atom stereocenters. The van der Waals surface area contributed by atoms with E-state index < -0.39 is 11.8 Å². The third-order valence-electron chi connectivity index (χ3n) is 5.25. The second kappa shape index (κ2) is 10.8. The predicted octanol–water partition coefficient (Wildman–Crippen LogP) is 4.71. The van der Waals surface area contributed by atoms with Gasteiger partial charge < -0.3 is 21.5 Å². The second-order valence-corrected chi connectivity index (χ2v) is 8.01. The number of benzene rings is 1. The van der Waals surface area contributed by atoms with Crippen molar-refractivity contribution in [2.45, 2.75) is 13.0 Å². The summed E-state index contributed by atoms with van der Waals surface area (Å²) in [5.74, 6) is -2.37. The first-order valence-electron chi connectivity index (χ1n) is 10.5. The third kappa shape index (κ3) is 5.25. The second-order valence-electron chi connectivity index (χ2n) is 7.60. The van der Waals surface area contributed by atoms with Crippen LogP contribution in [0.15, 0.2) is 71.4 Å². The quantitative estimate of drug-likeness (QED) is 0.169. The zero-order valence-corrected chi connectivity index (χ0v) is 19.7. The summed E-state index contributed by atoms with van der Waals surface area (Å²) in [5, 5.41) is 16.3. The molecule has 0 radical (unpaired) electrons. The molecule has 12 heteroatoms. The molecule has 2 aromatic heterocycles. The Kier molecular flexibility index (Phi) is 7.39. The molecule has 3 heterocycles. The number of hydrogen-bond donors (Lipinski definition) is 5. The van der Waals surface area contributed by atoms with E-state index in [-0.39, 0.29) is 28.0 Å². The van der Waals surface area contributed by atoms with Gasteiger partial charge in [0.1, 0.15) is 0 Å². The monoisotopic (exact) mass is 507 g/mol. The fraction of sp³-hybridized carbons (Fsp3) is 0.0833. The summed E-state index contributed by atoms with van der Waals surface area (Å²) in [6, 6.07) is 9.78. The summed E-state index contributed by atoms with van der Waals surface area (Å²) < 4.78 is 27.1. The van der Waals surface area contributed by atoms with Crippen molar-refractivity contribution in [2.24, 2.45) is 4.99 Å². The number of pyridine rings is 2. The van der Waals surface area contributed by atoms with Gasteiger partial charge in [-0.05, 0) is 37.4 Å². The minimum absolute atomic E-state index is 0.133. The fourth-order valence-corrected chi connectivity index (χ4v) is 3.83. The van der Waals surface area contributed by atoms with Gasteiger partial charge in [-0.25, -0.2) is 9.37 Å². The molecule has 9 nitrogen and oxygen atoms in total. The smallest absolute Gasteiger partial charge is 0.249 e. The zero-order chi connectivity index (χ0) is 25.7. The lowest BCUT2D eigenvalue weighted by Gasteiger charge is -2.23. The molecule has 1 aromatic carbocycles. The van der Waals surface area contributed by atoms with Crippen LogP contribution >= 0.6 is 11.6 Å². The molecule has 0 spiro atoms. The fourth-order valence-electron chi connectivity index (χ4n) is 3.55. The molecule has 0 amide bonds. The number of anilines is 2. The molecule has 36 heavy (non-hydrogen) atoms. The number of nitriles is 1. The molecule has 4 rings (SSSR count). The Labute approximate surface area is 210 Å². The molecule has 5 N–H and O–H groups in total. The minimum atomic E-state index is -1.23. The molecular formula is C24H20ClF2N9. The highest BCUT2D eigenvalue weighted by Gasteiger charge is 2.22. The van der Waals surface area contributed by atoms with Crippen LogP contribution in [0.2, 0.25) is 5.02 Å². The summed E-state index contributed by atoms with van der Waals surface area (Å²) in [5.41, 5.74) is 12.3. The summed E-state index contributed by atoms with van der Waals surface area (Å²) in [4.78, 5) is 11.6. The van der Waals surface area contributed by atoms with Crippen LogP contribution in [-0.4, -0.2) is 16.7 Å². The largest absolute Gasteiger partial charge is 0.373 e. The molecule has 3 aromatic rings. The van der Waals surface area contributed by atoms with Crippen molar-refractivity contribution in [1.82, 2.24) is 26.4 Å². The van der Waals surface area contributed by atoms with Gasteiger partial charge in [0, 0.05) is 35.9 Å². The number of nitrogens with one attached hydrogen (secondary N) is 5. The molecule has 1 aliphatic heterocycles. The first-order valence-corrected chi connectivity index (χ1v) is 10.9. The zero-order valence-electron chi connectivity index (χ0n) is 18.9. The van der Waals surface area contributed by atoms with Crippen LogP contribution in [0, 0.1) is 23.1 Å². The van der Waals surface area contributed by atoms with Crippen molar-refractivity contribution in [3.05, 3.63) is 94.3 Å². The van der Waals surface area contributed by atoms with Crippen molar-refractivity contribution in [2.75, 3.05) is 10.6 Å². The Morgan fingerprint density at radius 1 is 1.25 bits per heavy atom. The topological polar surface area (TPSA) is 122 Å². The van der Waals surface area contributed by atoms with Crippen LogP contribution in [0.1, 0.15) is 24.1 Å². The van der Waals surface area contributed by atoms with E-state index in [0.717, 1.165) is 23.5 Å². The Hall–Kier alpha value is -4.53. The van der Waals surface area contributed by atoms with Crippen LogP contribution in [0.4, 0.5) is 25.8 Å². The maximum atomic E-state index is 13.8. The van der Waals surface area contributed by atoms with Gasteiger partial charge in [0.05, 0.1) is 51.7 Å². The molecule has 0 aliphatic carbocycles. The van der Waals surface area contributed by atoms with Gasteiger partial charge in [-0.2, -0.15) is 15.2 Å². The number of rotatable bonds is 8. The van der Waals surface area contributed by atoms with E-state index in [4.69, 9.17) is 11.6 Å². The van der Waals surface area contributed by atoms with E-state index in [2.05, 4.69) is 54.8 Å². The van der Waals surface area contributed by atoms with Crippen molar-refractivity contribution in [1.29, 1.82) is 5.26 Å². The van der Waals surface area contributed by atoms with E-state index in [1.54, 1.807) is 37.7 Å². The van der Waals surface area contributed by atoms with E-state index in [0.29, 0.717) is 16.9 Å². The Morgan fingerprint density at radius 3 is 2.72 bits per heavy atom. The van der Waals surface area contributed by atoms with Gasteiger partial charge in [0.15, 0.2) is 5.82 Å². The van der Waals surface area contributed by atoms with Crippen LogP contribution in [0.5, 0.6) is 0 Å². The average molecular weight is 508 g/mol. The standard InChI is InChI=1S/C24H20ClF2N9/c1-13(9-28)21(34-16-8-19(26)24(27)31-11-16)17-6-15(7-18(25)23(17)29-2)33-22(20-12-32-36-35-20)14-4-3-5-30-10-14/h3-8,10-12,22,32-36H,2H2,1H3/b21-13-/t22-/m0/s1. The lowest BCUT2D eigenvalue weighted by molar-refractivity contribution is 0.480. The van der Waals surface area contributed by atoms with E-state index in [9.17, 15) is 14.0 Å². The minimum Gasteiger partial charge on any atom is -0.373 e. The molecule has 0 unspecified atom stereocenters. The molecule has 182 valence electrons. The molecule has 0 fully saturated rings. The number of hydrazine groups is 2. The molecule has 0 bridgehead atoms. The van der Waals surface area contributed by atoms with Crippen molar-refractivity contribution >= 4 is 41.1 Å². The molecule has 1 aliphatic rings. The first kappa shape index (κ1) is 24.6. The summed E-state index contributed by atoms with van der Waals surface area (Å²) in [6.07, 6.45) is 6.27. The molecule has 0 saturated carbocycles. The van der Waals surface area contributed by atoms with Gasteiger partial charge >= 0.3 is 0 Å². The molecule has 0 saturated heterocycles. The van der Waals surface area contributed by atoms with Crippen molar-refractivity contribution in [3.63, 3.8) is 0 Å². The highest BCUT2D eigenvalue weighted by atomic mass is 35.5. The number of aliphatic imine (C=N–C) groups is 1. The number of hydrogen-bond acceptors (Lipinski definition) is 9.